The molecule has 1 saturated heterocycles. The Hall–Kier alpha value is -1.06. The van der Waals surface area contributed by atoms with Gasteiger partial charge >= 0.3 is 0 Å². The third kappa shape index (κ3) is 4.45. The van der Waals surface area contributed by atoms with Gasteiger partial charge in [-0.15, -0.1) is 12.4 Å². The number of halogens is 1. The van der Waals surface area contributed by atoms with Crippen LogP contribution in [-0.2, 0) is 4.79 Å². The number of rotatable bonds is 5. The maximum atomic E-state index is 12.8. The molecule has 0 saturated carbocycles. The topological polar surface area (TPSA) is 32.3 Å². The fourth-order valence-electron chi connectivity index (χ4n) is 3.16. The van der Waals surface area contributed by atoms with Crippen LogP contribution < -0.4 is 5.32 Å². The summed E-state index contributed by atoms with van der Waals surface area (Å²) >= 11 is 0. The van der Waals surface area contributed by atoms with Crippen molar-refractivity contribution in [1.29, 1.82) is 0 Å². The second-order valence-corrected chi connectivity index (χ2v) is 6.13. The molecule has 2 rings (SSSR count). The Kier molecular flexibility index (Phi) is 7.20. The summed E-state index contributed by atoms with van der Waals surface area (Å²) in [5, 5.41) is 3.21. The van der Waals surface area contributed by atoms with Crippen LogP contribution in [0.4, 0.5) is 0 Å². The van der Waals surface area contributed by atoms with Crippen molar-refractivity contribution < 1.29 is 4.79 Å². The smallest absolute Gasteiger partial charge is 0.230 e. The summed E-state index contributed by atoms with van der Waals surface area (Å²) in [7, 11) is 1.98. The monoisotopic (exact) mass is 310 g/mol. The number of hydrogen-bond acceptors (Lipinski definition) is 2. The molecule has 1 N–H and O–H groups in total. The van der Waals surface area contributed by atoms with Gasteiger partial charge in [0.15, 0.2) is 0 Å². The number of carbonyl (C=O) groups excluding carboxylic acids is 1. The number of hydrogen-bond donors (Lipinski definition) is 1. The van der Waals surface area contributed by atoms with Crippen molar-refractivity contribution in [2.75, 3.05) is 26.7 Å². The first-order valence-corrected chi connectivity index (χ1v) is 7.61. The first-order valence-electron chi connectivity index (χ1n) is 7.61. The molecule has 2 unspecified atom stereocenters. The Balaban J connectivity index is 0.00000220. The minimum absolute atomic E-state index is 0. The summed E-state index contributed by atoms with van der Waals surface area (Å²) in [6.07, 6.45) is 1.12. The molecule has 2 atom stereocenters. The molecule has 1 amide bonds. The molecule has 1 aliphatic rings. The van der Waals surface area contributed by atoms with Crippen molar-refractivity contribution in [1.82, 2.24) is 10.2 Å². The minimum Gasteiger partial charge on any atom is -0.342 e. The van der Waals surface area contributed by atoms with Crippen molar-refractivity contribution in [2.45, 2.75) is 26.2 Å². The van der Waals surface area contributed by atoms with E-state index in [9.17, 15) is 4.79 Å². The first kappa shape index (κ1) is 18.0. The van der Waals surface area contributed by atoms with E-state index in [1.165, 1.54) is 0 Å². The Labute approximate surface area is 134 Å². The highest BCUT2D eigenvalue weighted by Crippen LogP contribution is 2.29. The number of benzene rings is 1. The second kappa shape index (κ2) is 8.40. The molecule has 0 spiro atoms. The minimum atomic E-state index is -0.00969. The third-order valence-corrected chi connectivity index (χ3v) is 4.18. The molecule has 3 nitrogen and oxygen atoms in total. The molecule has 1 aromatic rings. The van der Waals surface area contributed by atoms with Crippen LogP contribution in [0.3, 0.4) is 0 Å². The largest absolute Gasteiger partial charge is 0.342 e. The number of nitrogens with one attached hydrogen (secondary N) is 1. The molecule has 0 aromatic heterocycles. The summed E-state index contributed by atoms with van der Waals surface area (Å²) in [5.74, 6) is 1.22. The lowest BCUT2D eigenvalue weighted by molar-refractivity contribution is -0.132. The van der Waals surface area contributed by atoms with Gasteiger partial charge in [0.05, 0.1) is 5.92 Å². The van der Waals surface area contributed by atoms with Gasteiger partial charge in [0.1, 0.15) is 0 Å². The molecule has 4 heteroatoms. The zero-order valence-corrected chi connectivity index (χ0v) is 14.0. The SMILES string of the molecule is CNCC1CCN(C(=O)C(c2ccccc2)C(C)C)C1.Cl. The number of amides is 1. The van der Waals surface area contributed by atoms with Gasteiger partial charge in [0.2, 0.25) is 5.91 Å². The van der Waals surface area contributed by atoms with E-state index in [0.29, 0.717) is 17.7 Å². The molecule has 21 heavy (non-hydrogen) atoms. The van der Waals surface area contributed by atoms with E-state index < -0.39 is 0 Å². The molecule has 0 radical (unpaired) electrons. The van der Waals surface area contributed by atoms with Crippen molar-refractivity contribution in [3.8, 4) is 0 Å². The predicted molar refractivity (Wildman–Crippen MR) is 89.9 cm³/mol. The molecule has 0 bridgehead atoms. The lowest BCUT2D eigenvalue weighted by Gasteiger charge is -2.26. The third-order valence-electron chi connectivity index (χ3n) is 4.18. The average Bonchev–Trinajstić information content (AvgIpc) is 2.89. The van der Waals surface area contributed by atoms with E-state index in [1.807, 2.05) is 25.2 Å². The summed E-state index contributed by atoms with van der Waals surface area (Å²) in [5.41, 5.74) is 1.14. The van der Waals surface area contributed by atoms with Crippen molar-refractivity contribution in [2.24, 2.45) is 11.8 Å². The Morgan fingerprint density at radius 3 is 2.57 bits per heavy atom. The Morgan fingerprint density at radius 2 is 2.00 bits per heavy atom. The van der Waals surface area contributed by atoms with Crippen LogP contribution in [0.2, 0.25) is 0 Å². The first-order chi connectivity index (χ1) is 9.63. The highest BCUT2D eigenvalue weighted by atomic mass is 35.5. The van der Waals surface area contributed by atoms with Crippen LogP contribution >= 0.6 is 12.4 Å². The van der Waals surface area contributed by atoms with E-state index in [0.717, 1.165) is 31.6 Å². The van der Waals surface area contributed by atoms with Gasteiger partial charge < -0.3 is 10.2 Å². The van der Waals surface area contributed by atoms with Crippen LogP contribution in [-0.4, -0.2) is 37.5 Å². The molecule has 1 aliphatic heterocycles. The lowest BCUT2D eigenvalue weighted by atomic mass is 9.87. The van der Waals surface area contributed by atoms with E-state index in [1.54, 1.807) is 0 Å². The van der Waals surface area contributed by atoms with Gasteiger partial charge in [0, 0.05) is 13.1 Å². The normalized spacial score (nSPS) is 19.4. The van der Waals surface area contributed by atoms with E-state index in [2.05, 4.69) is 36.2 Å². The van der Waals surface area contributed by atoms with Crippen LogP contribution in [0.1, 0.15) is 31.7 Å². The van der Waals surface area contributed by atoms with Crippen LogP contribution in [0.15, 0.2) is 30.3 Å². The number of likely N-dealkylation sites (tertiary alicyclic amines) is 1. The van der Waals surface area contributed by atoms with Gasteiger partial charge in [-0.3, -0.25) is 4.79 Å². The Morgan fingerprint density at radius 1 is 1.33 bits per heavy atom. The zero-order valence-electron chi connectivity index (χ0n) is 13.2. The highest BCUT2D eigenvalue weighted by Gasteiger charge is 2.32. The Bertz CT molecular complexity index is 436. The maximum Gasteiger partial charge on any atom is 0.230 e. The fraction of sp³-hybridized carbons (Fsp3) is 0.588. The lowest BCUT2D eigenvalue weighted by Crippen LogP contribution is -2.36. The van der Waals surface area contributed by atoms with Crippen molar-refractivity contribution in [3.05, 3.63) is 35.9 Å². The van der Waals surface area contributed by atoms with Crippen molar-refractivity contribution >= 4 is 18.3 Å². The molecule has 1 heterocycles. The van der Waals surface area contributed by atoms with E-state index >= 15 is 0 Å². The summed E-state index contributed by atoms with van der Waals surface area (Å²) in [6.45, 7) is 7.08. The molecule has 1 aromatic carbocycles. The van der Waals surface area contributed by atoms with Crippen LogP contribution in [0.25, 0.3) is 0 Å². The molecular weight excluding hydrogens is 284 g/mol. The van der Waals surface area contributed by atoms with Gasteiger partial charge in [-0.25, -0.2) is 0 Å². The van der Waals surface area contributed by atoms with Crippen LogP contribution in [0, 0.1) is 11.8 Å². The number of carbonyl (C=O) groups is 1. The average molecular weight is 311 g/mol. The summed E-state index contributed by atoms with van der Waals surface area (Å²) in [6, 6.07) is 10.2. The summed E-state index contributed by atoms with van der Waals surface area (Å²) in [4.78, 5) is 14.9. The van der Waals surface area contributed by atoms with Gasteiger partial charge in [-0.05, 0) is 37.4 Å². The van der Waals surface area contributed by atoms with Gasteiger partial charge in [0.25, 0.3) is 0 Å². The second-order valence-electron chi connectivity index (χ2n) is 6.13. The van der Waals surface area contributed by atoms with Crippen molar-refractivity contribution in [3.63, 3.8) is 0 Å². The van der Waals surface area contributed by atoms with E-state index in [-0.39, 0.29) is 18.3 Å². The molecular formula is C17H27ClN2O. The highest BCUT2D eigenvalue weighted by molar-refractivity contribution is 5.85. The quantitative estimate of drug-likeness (QED) is 0.907. The molecule has 118 valence electrons. The molecule has 0 aliphatic carbocycles. The standard InChI is InChI=1S/C17H26N2O.ClH/c1-13(2)16(15-7-5-4-6-8-15)17(20)19-10-9-14(12-19)11-18-3;/h4-8,13-14,16,18H,9-12H2,1-3H3;1H. The van der Waals surface area contributed by atoms with Crippen LogP contribution in [0.5, 0.6) is 0 Å². The fourth-order valence-corrected chi connectivity index (χ4v) is 3.16. The summed E-state index contributed by atoms with van der Waals surface area (Å²) < 4.78 is 0. The van der Waals surface area contributed by atoms with Gasteiger partial charge in [-0.2, -0.15) is 0 Å². The zero-order chi connectivity index (χ0) is 14.5. The predicted octanol–water partition coefficient (Wildman–Crippen LogP) is 2.92. The van der Waals surface area contributed by atoms with E-state index in [4.69, 9.17) is 0 Å². The molecule has 1 fully saturated rings. The maximum absolute atomic E-state index is 12.8. The van der Waals surface area contributed by atoms with Gasteiger partial charge in [-0.1, -0.05) is 44.2 Å². The number of nitrogens with zero attached hydrogens (tertiary/aromatic N) is 1.